The third kappa shape index (κ3) is 3.34. The Morgan fingerprint density at radius 2 is 1.88 bits per heavy atom. The summed E-state index contributed by atoms with van der Waals surface area (Å²) in [4.78, 5) is 4.12. The number of aryl methyl sites for hydroxylation is 2. The Morgan fingerprint density at radius 1 is 1.12 bits per heavy atom. The molecule has 0 aliphatic rings. The monoisotopic (exact) mass is 361 g/mol. The Labute approximate surface area is 145 Å². The van der Waals surface area contributed by atoms with Gasteiger partial charge in [0.15, 0.2) is 5.82 Å². The van der Waals surface area contributed by atoms with Crippen LogP contribution in [0.3, 0.4) is 0 Å². The van der Waals surface area contributed by atoms with Crippen LogP contribution in [0.4, 0.5) is 0 Å². The molecule has 0 unspecified atom stereocenters. The van der Waals surface area contributed by atoms with E-state index in [1.807, 2.05) is 32.0 Å². The number of sulfone groups is 1. The highest BCUT2D eigenvalue weighted by molar-refractivity contribution is 7.90. The Morgan fingerprint density at radius 3 is 2.58 bits per heavy atom. The van der Waals surface area contributed by atoms with Crippen LogP contribution in [-0.2, 0) is 15.6 Å². The summed E-state index contributed by atoms with van der Waals surface area (Å²) in [6, 6.07) is 12.7. The number of halogens is 1. The lowest BCUT2D eigenvalue weighted by Gasteiger charge is -2.06. The van der Waals surface area contributed by atoms with Crippen LogP contribution in [0.2, 0.25) is 5.02 Å². The van der Waals surface area contributed by atoms with Crippen molar-refractivity contribution in [3.8, 4) is 11.4 Å². The quantitative estimate of drug-likeness (QED) is 0.768. The van der Waals surface area contributed by atoms with Crippen LogP contribution in [-0.4, -0.2) is 23.6 Å². The van der Waals surface area contributed by atoms with Crippen LogP contribution in [0.1, 0.15) is 16.7 Å². The zero-order chi connectivity index (χ0) is 17.3. The Kier molecular flexibility index (Phi) is 4.43. The van der Waals surface area contributed by atoms with Gasteiger partial charge >= 0.3 is 0 Å². The molecule has 0 amide bonds. The van der Waals surface area contributed by atoms with Crippen molar-refractivity contribution >= 4 is 21.4 Å². The highest BCUT2D eigenvalue weighted by Gasteiger charge is 2.22. The molecule has 0 fully saturated rings. The van der Waals surface area contributed by atoms with Crippen molar-refractivity contribution in [2.75, 3.05) is 0 Å². The van der Waals surface area contributed by atoms with Crippen LogP contribution in [0.25, 0.3) is 11.4 Å². The second-order valence-corrected chi connectivity index (χ2v) is 7.95. The number of nitrogens with one attached hydrogen (secondary N) is 1. The van der Waals surface area contributed by atoms with Gasteiger partial charge in [0.2, 0.25) is 15.0 Å². The highest BCUT2D eigenvalue weighted by Crippen LogP contribution is 2.25. The Bertz CT molecular complexity index is 997. The average Bonchev–Trinajstić information content (AvgIpc) is 3.01. The molecule has 3 aromatic rings. The van der Waals surface area contributed by atoms with Gasteiger partial charge in [-0.3, -0.25) is 0 Å². The van der Waals surface area contributed by atoms with Crippen LogP contribution >= 0.6 is 11.6 Å². The molecule has 24 heavy (non-hydrogen) atoms. The van der Waals surface area contributed by atoms with Gasteiger partial charge in [-0.2, -0.15) is 10.1 Å². The van der Waals surface area contributed by atoms with E-state index in [0.29, 0.717) is 10.6 Å². The van der Waals surface area contributed by atoms with Crippen molar-refractivity contribution in [3.05, 3.63) is 64.2 Å². The third-order valence-corrected chi connectivity index (χ3v) is 5.51. The van der Waals surface area contributed by atoms with Gasteiger partial charge in [-0.1, -0.05) is 47.5 Å². The van der Waals surface area contributed by atoms with E-state index in [1.54, 1.807) is 24.3 Å². The maximum atomic E-state index is 12.6. The minimum Gasteiger partial charge on any atom is -0.249 e. The van der Waals surface area contributed by atoms with Gasteiger partial charge in [-0.25, -0.2) is 13.5 Å². The van der Waals surface area contributed by atoms with Crippen LogP contribution in [0.15, 0.2) is 47.6 Å². The fourth-order valence-electron chi connectivity index (χ4n) is 2.43. The number of nitrogens with zero attached hydrogens (tertiary/aromatic N) is 2. The van der Waals surface area contributed by atoms with E-state index < -0.39 is 9.84 Å². The SMILES string of the molecule is Cc1ccc(CS(=O)(=O)c2nc(-c3ccccc3Cl)n[nH]2)c(C)c1. The minimum atomic E-state index is -3.62. The maximum Gasteiger partial charge on any atom is 0.243 e. The summed E-state index contributed by atoms with van der Waals surface area (Å²) in [6.45, 7) is 3.87. The highest BCUT2D eigenvalue weighted by atomic mass is 35.5. The summed E-state index contributed by atoms with van der Waals surface area (Å²) in [5.41, 5.74) is 3.36. The molecular formula is C17H16ClN3O2S. The lowest BCUT2D eigenvalue weighted by atomic mass is 10.1. The molecule has 5 nitrogen and oxygen atoms in total. The van der Waals surface area contributed by atoms with Crippen LogP contribution < -0.4 is 0 Å². The van der Waals surface area contributed by atoms with E-state index in [0.717, 1.165) is 16.7 Å². The molecule has 124 valence electrons. The van der Waals surface area contributed by atoms with Crippen molar-refractivity contribution in [2.45, 2.75) is 24.8 Å². The smallest absolute Gasteiger partial charge is 0.243 e. The molecule has 2 aromatic carbocycles. The summed E-state index contributed by atoms with van der Waals surface area (Å²) in [7, 11) is -3.62. The topological polar surface area (TPSA) is 75.7 Å². The van der Waals surface area contributed by atoms with E-state index in [9.17, 15) is 8.42 Å². The molecule has 0 bridgehead atoms. The zero-order valence-electron chi connectivity index (χ0n) is 13.2. The van der Waals surface area contributed by atoms with Crippen molar-refractivity contribution in [1.29, 1.82) is 0 Å². The molecular weight excluding hydrogens is 346 g/mol. The maximum absolute atomic E-state index is 12.6. The van der Waals surface area contributed by atoms with Gasteiger partial charge in [0.05, 0.1) is 10.8 Å². The van der Waals surface area contributed by atoms with E-state index in [-0.39, 0.29) is 16.7 Å². The predicted molar refractivity (Wildman–Crippen MR) is 93.6 cm³/mol. The van der Waals surface area contributed by atoms with Crippen LogP contribution in [0.5, 0.6) is 0 Å². The first-order valence-electron chi connectivity index (χ1n) is 7.33. The Balaban J connectivity index is 1.92. The summed E-state index contributed by atoms with van der Waals surface area (Å²) in [6.07, 6.45) is 0. The first-order valence-corrected chi connectivity index (χ1v) is 9.36. The zero-order valence-corrected chi connectivity index (χ0v) is 14.8. The second kappa shape index (κ2) is 6.37. The van der Waals surface area contributed by atoms with Crippen LogP contribution in [0, 0.1) is 13.8 Å². The van der Waals surface area contributed by atoms with Gasteiger partial charge in [0, 0.05) is 5.56 Å². The van der Waals surface area contributed by atoms with E-state index in [2.05, 4.69) is 15.2 Å². The summed E-state index contributed by atoms with van der Waals surface area (Å²) in [5, 5.41) is 6.82. The van der Waals surface area contributed by atoms with Gasteiger partial charge in [0.1, 0.15) is 0 Å². The molecule has 7 heteroatoms. The molecule has 0 spiro atoms. The summed E-state index contributed by atoms with van der Waals surface area (Å²) >= 11 is 6.10. The molecule has 3 rings (SSSR count). The molecule has 0 saturated heterocycles. The molecule has 1 N–H and O–H groups in total. The molecule has 0 atom stereocenters. The second-order valence-electron chi connectivity index (χ2n) is 5.63. The molecule has 0 saturated carbocycles. The Hall–Kier alpha value is -2.18. The molecule has 0 radical (unpaired) electrons. The van der Waals surface area contributed by atoms with E-state index in [1.165, 1.54) is 0 Å². The lowest BCUT2D eigenvalue weighted by molar-refractivity contribution is 0.587. The van der Waals surface area contributed by atoms with Gasteiger partial charge in [0.25, 0.3) is 0 Å². The molecule has 1 heterocycles. The largest absolute Gasteiger partial charge is 0.249 e. The lowest BCUT2D eigenvalue weighted by Crippen LogP contribution is -2.08. The molecule has 1 aromatic heterocycles. The number of H-pyrrole nitrogens is 1. The summed E-state index contributed by atoms with van der Waals surface area (Å²) in [5.74, 6) is 0.135. The van der Waals surface area contributed by atoms with Gasteiger partial charge < -0.3 is 0 Å². The van der Waals surface area contributed by atoms with Crippen molar-refractivity contribution in [2.24, 2.45) is 0 Å². The van der Waals surface area contributed by atoms with Crippen molar-refractivity contribution in [1.82, 2.24) is 15.2 Å². The predicted octanol–water partition coefficient (Wildman–Crippen LogP) is 3.72. The first-order chi connectivity index (χ1) is 11.4. The van der Waals surface area contributed by atoms with Gasteiger partial charge in [-0.05, 0) is 37.1 Å². The first kappa shape index (κ1) is 16.7. The fraction of sp³-hybridized carbons (Fsp3) is 0.176. The normalized spacial score (nSPS) is 11.6. The number of rotatable bonds is 4. The van der Waals surface area contributed by atoms with E-state index >= 15 is 0 Å². The number of benzene rings is 2. The van der Waals surface area contributed by atoms with Crippen molar-refractivity contribution < 1.29 is 8.42 Å². The van der Waals surface area contributed by atoms with Gasteiger partial charge in [-0.15, -0.1) is 0 Å². The molecule has 0 aliphatic carbocycles. The number of hydrogen-bond acceptors (Lipinski definition) is 4. The summed E-state index contributed by atoms with van der Waals surface area (Å²) < 4.78 is 25.2. The number of aromatic nitrogens is 3. The number of aromatic amines is 1. The standard InChI is InChI=1S/C17H16ClN3O2S/c1-11-7-8-13(12(2)9-11)10-24(22,23)17-19-16(20-21-17)14-5-3-4-6-15(14)18/h3-9H,10H2,1-2H3,(H,19,20,21). The molecule has 0 aliphatic heterocycles. The number of hydrogen-bond donors (Lipinski definition) is 1. The minimum absolute atomic E-state index is 0.129. The van der Waals surface area contributed by atoms with Crippen molar-refractivity contribution in [3.63, 3.8) is 0 Å². The average molecular weight is 362 g/mol. The third-order valence-electron chi connectivity index (χ3n) is 3.72. The van der Waals surface area contributed by atoms with E-state index in [4.69, 9.17) is 11.6 Å². The fourth-order valence-corrected chi connectivity index (χ4v) is 3.93.